The predicted molar refractivity (Wildman–Crippen MR) is 216 cm³/mol. The SMILES string of the molecule is Cc1ccc(C(C(=O)C(c2ccc(C)cc2)c2ccc(OCCOc3ccc(N)cc3N)cc2)c2ccc(OCCOc3ccc(N)cc3N)cc2)cc1. The van der Waals surface area contributed by atoms with Crippen LogP contribution in [0, 0.1) is 13.8 Å². The van der Waals surface area contributed by atoms with Gasteiger partial charge in [0.1, 0.15) is 49.4 Å². The molecule has 0 aromatic heterocycles. The molecule has 0 radical (unpaired) electrons. The molecule has 2 atom stereocenters. The molecule has 6 rings (SSSR count). The fourth-order valence-electron chi connectivity index (χ4n) is 6.26. The number of Topliss-reactive ketones (excluding diaryl/α,β-unsaturated/α-hetero) is 1. The second-order valence-electron chi connectivity index (χ2n) is 13.2. The van der Waals surface area contributed by atoms with Crippen molar-refractivity contribution in [1.29, 1.82) is 0 Å². The third-order valence-electron chi connectivity index (χ3n) is 9.10. The number of anilines is 4. The smallest absolute Gasteiger partial charge is 0.156 e. The minimum atomic E-state index is -0.545. The number of benzene rings is 6. The molecule has 9 heteroatoms. The summed E-state index contributed by atoms with van der Waals surface area (Å²) in [6, 6.07) is 42.0. The topological polar surface area (TPSA) is 158 Å². The summed E-state index contributed by atoms with van der Waals surface area (Å²) in [7, 11) is 0. The molecule has 0 bridgehead atoms. The minimum absolute atomic E-state index is 0.0500. The van der Waals surface area contributed by atoms with Gasteiger partial charge in [0.2, 0.25) is 0 Å². The molecular weight excluding hydrogens is 677 g/mol. The summed E-state index contributed by atoms with van der Waals surface area (Å²) >= 11 is 0. The second kappa shape index (κ2) is 17.3. The third kappa shape index (κ3) is 9.43. The van der Waals surface area contributed by atoms with Crippen molar-refractivity contribution >= 4 is 28.5 Å². The maximum atomic E-state index is 15.0. The lowest BCUT2D eigenvalue weighted by Gasteiger charge is -2.25. The molecule has 0 aliphatic heterocycles. The number of nitrogen functional groups attached to an aromatic ring is 4. The molecule has 6 aromatic rings. The number of carbonyl (C=O) groups is 1. The first kappa shape index (κ1) is 37.2. The quantitative estimate of drug-likeness (QED) is 0.0573. The number of aryl methyl sites for hydroxylation is 2. The standard InChI is InChI=1S/C45H46N4O5/c1-29-3-7-31(8-4-29)43(33-11-17-37(18-12-33)51-23-25-53-41-21-15-35(46)27-39(41)48)45(50)44(32-9-5-30(2)6-10-32)34-13-19-38(20-14-34)52-24-26-54-42-22-16-36(47)28-40(42)49/h3-22,27-28,43-44H,23-26,46-49H2,1-2H3. The maximum absolute atomic E-state index is 15.0. The van der Waals surface area contributed by atoms with Gasteiger partial charge in [0.05, 0.1) is 23.2 Å². The van der Waals surface area contributed by atoms with E-state index in [2.05, 4.69) is 0 Å². The fraction of sp³-hybridized carbons (Fsp3) is 0.178. The van der Waals surface area contributed by atoms with Crippen molar-refractivity contribution in [2.24, 2.45) is 0 Å². The summed E-state index contributed by atoms with van der Waals surface area (Å²) in [6.07, 6.45) is 0. The molecule has 0 saturated heterocycles. The molecule has 54 heavy (non-hydrogen) atoms. The van der Waals surface area contributed by atoms with E-state index in [1.54, 1.807) is 36.4 Å². The summed E-state index contributed by atoms with van der Waals surface area (Å²) in [5.74, 6) is 1.39. The number of hydrogen-bond acceptors (Lipinski definition) is 9. The van der Waals surface area contributed by atoms with E-state index in [-0.39, 0.29) is 5.78 Å². The van der Waals surface area contributed by atoms with Gasteiger partial charge < -0.3 is 41.9 Å². The van der Waals surface area contributed by atoms with Crippen molar-refractivity contribution in [3.05, 3.63) is 167 Å². The zero-order valence-electron chi connectivity index (χ0n) is 30.5. The summed E-state index contributed by atoms with van der Waals surface area (Å²) in [5.41, 5.74) is 31.5. The van der Waals surface area contributed by atoms with Gasteiger partial charge in [0.15, 0.2) is 5.78 Å². The Hall–Kier alpha value is -6.61. The number of nitrogens with two attached hydrogens (primary N) is 4. The minimum Gasteiger partial charge on any atom is -0.490 e. The Bertz CT molecular complexity index is 2000. The third-order valence-corrected chi connectivity index (χ3v) is 9.10. The van der Waals surface area contributed by atoms with E-state index < -0.39 is 11.8 Å². The van der Waals surface area contributed by atoms with Crippen LogP contribution in [0.3, 0.4) is 0 Å². The van der Waals surface area contributed by atoms with Crippen molar-refractivity contribution in [3.8, 4) is 23.0 Å². The summed E-state index contributed by atoms with van der Waals surface area (Å²) in [6.45, 7) is 5.29. The molecule has 2 unspecified atom stereocenters. The number of carbonyl (C=O) groups excluding carboxylic acids is 1. The van der Waals surface area contributed by atoms with Gasteiger partial charge in [-0.2, -0.15) is 0 Å². The molecule has 0 fully saturated rings. The number of rotatable bonds is 16. The van der Waals surface area contributed by atoms with Crippen molar-refractivity contribution in [3.63, 3.8) is 0 Å². The summed E-state index contributed by atoms with van der Waals surface area (Å²) < 4.78 is 23.5. The van der Waals surface area contributed by atoms with Crippen LogP contribution in [0.25, 0.3) is 0 Å². The zero-order chi connectivity index (χ0) is 38.0. The van der Waals surface area contributed by atoms with Gasteiger partial charge in [0.25, 0.3) is 0 Å². The van der Waals surface area contributed by atoms with Crippen molar-refractivity contribution in [2.45, 2.75) is 25.7 Å². The first-order chi connectivity index (χ1) is 26.1. The van der Waals surface area contributed by atoms with E-state index in [1.807, 2.05) is 111 Å². The molecule has 8 N–H and O–H groups in total. The normalized spacial score (nSPS) is 12.0. The summed E-state index contributed by atoms with van der Waals surface area (Å²) in [5, 5.41) is 0. The van der Waals surface area contributed by atoms with E-state index in [0.717, 1.165) is 33.4 Å². The first-order valence-electron chi connectivity index (χ1n) is 17.8. The molecule has 0 saturated carbocycles. The highest BCUT2D eigenvalue weighted by Crippen LogP contribution is 2.37. The Morgan fingerprint density at radius 3 is 1.09 bits per heavy atom. The molecule has 0 aliphatic rings. The number of ether oxygens (including phenoxy) is 4. The average Bonchev–Trinajstić information content (AvgIpc) is 3.16. The average molecular weight is 723 g/mol. The predicted octanol–water partition coefficient (Wildman–Crippen LogP) is 8.08. The van der Waals surface area contributed by atoms with Crippen LogP contribution in [-0.2, 0) is 4.79 Å². The van der Waals surface area contributed by atoms with Gasteiger partial charge >= 0.3 is 0 Å². The van der Waals surface area contributed by atoms with Crippen LogP contribution < -0.4 is 41.9 Å². The van der Waals surface area contributed by atoms with Crippen LogP contribution in [-0.4, -0.2) is 32.2 Å². The molecule has 0 aliphatic carbocycles. The lowest BCUT2D eigenvalue weighted by atomic mass is 9.77. The Labute approximate surface area is 316 Å². The summed E-state index contributed by atoms with van der Waals surface area (Å²) in [4.78, 5) is 15.0. The molecule has 0 amide bonds. The van der Waals surface area contributed by atoms with E-state index >= 15 is 4.79 Å². The van der Waals surface area contributed by atoms with Crippen LogP contribution in [0.5, 0.6) is 23.0 Å². The van der Waals surface area contributed by atoms with Crippen LogP contribution in [0.2, 0.25) is 0 Å². The Morgan fingerprint density at radius 2 is 0.759 bits per heavy atom. The Kier molecular flexibility index (Phi) is 11.9. The van der Waals surface area contributed by atoms with E-state index in [0.29, 0.717) is 72.2 Å². The first-order valence-corrected chi connectivity index (χ1v) is 17.8. The van der Waals surface area contributed by atoms with E-state index in [4.69, 9.17) is 41.9 Å². The highest BCUT2D eigenvalue weighted by molar-refractivity contribution is 5.97. The molecule has 0 heterocycles. The zero-order valence-corrected chi connectivity index (χ0v) is 30.5. The molecule has 6 aromatic carbocycles. The van der Waals surface area contributed by atoms with Crippen molar-refractivity contribution in [2.75, 3.05) is 49.4 Å². The van der Waals surface area contributed by atoms with Gasteiger partial charge in [-0.3, -0.25) is 4.79 Å². The van der Waals surface area contributed by atoms with Gasteiger partial charge in [-0.1, -0.05) is 83.9 Å². The van der Waals surface area contributed by atoms with Crippen LogP contribution >= 0.6 is 0 Å². The molecule has 276 valence electrons. The maximum Gasteiger partial charge on any atom is 0.156 e. The Morgan fingerprint density at radius 1 is 0.444 bits per heavy atom. The number of hydrogen-bond donors (Lipinski definition) is 4. The van der Waals surface area contributed by atoms with Gasteiger partial charge in [-0.15, -0.1) is 0 Å². The monoisotopic (exact) mass is 722 g/mol. The van der Waals surface area contributed by atoms with Gasteiger partial charge in [0, 0.05) is 11.4 Å². The van der Waals surface area contributed by atoms with E-state index in [1.165, 1.54) is 0 Å². The van der Waals surface area contributed by atoms with Crippen molar-refractivity contribution in [1.82, 2.24) is 0 Å². The van der Waals surface area contributed by atoms with Gasteiger partial charge in [-0.05, 0) is 96.8 Å². The Balaban J connectivity index is 1.20. The highest BCUT2D eigenvalue weighted by Gasteiger charge is 2.32. The second-order valence-corrected chi connectivity index (χ2v) is 13.2. The molecule has 0 spiro atoms. The van der Waals surface area contributed by atoms with Crippen LogP contribution in [0.4, 0.5) is 22.7 Å². The highest BCUT2D eigenvalue weighted by atomic mass is 16.5. The number of ketones is 1. The van der Waals surface area contributed by atoms with Gasteiger partial charge in [-0.25, -0.2) is 0 Å². The molecule has 9 nitrogen and oxygen atoms in total. The fourth-order valence-corrected chi connectivity index (χ4v) is 6.26. The van der Waals surface area contributed by atoms with Crippen molar-refractivity contribution < 1.29 is 23.7 Å². The largest absolute Gasteiger partial charge is 0.490 e. The van der Waals surface area contributed by atoms with Crippen LogP contribution in [0.1, 0.15) is 45.2 Å². The van der Waals surface area contributed by atoms with Crippen LogP contribution in [0.15, 0.2) is 133 Å². The lowest BCUT2D eigenvalue weighted by Crippen LogP contribution is -2.23. The van der Waals surface area contributed by atoms with E-state index in [9.17, 15) is 0 Å². The lowest BCUT2D eigenvalue weighted by molar-refractivity contribution is -0.120. The molecular formula is C45H46N4O5.